The van der Waals surface area contributed by atoms with Gasteiger partial charge in [0.15, 0.2) is 0 Å². The third kappa shape index (κ3) is 6.93. The van der Waals surface area contributed by atoms with Crippen molar-refractivity contribution in [3.05, 3.63) is 95.3 Å². The summed E-state index contributed by atoms with van der Waals surface area (Å²) in [5, 5.41) is 0. The second kappa shape index (κ2) is 12.1. The summed E-state index contributed by atoms with van der Waals surface area (Å²) < 4.78 is 26.7. The first-order chi connectivity index (χ1) is 17.8. The molecule has 3 nitrogen and oxygen atoms in total. The van der Waals surface area contributed by atoms with Crippen LogP contribution in [0.4, 0.5) is 4.39 Å². The molecule has 37 heavy (non-hydrogen) atoms. The number of benzene rings is 3. The minimum atomic E-state index is -0.214. The van der Waals surface area contributed by atoms with E-state index in [9.17, 15) is 4.39 Å². The van der Waals surface area contributed by atoms with E-state index in [-0.39, 0.29) is 23.4 Å². The van der Waals surface area contributed by atoms with Crippen LogP contribution in [0.1, 0.15) is 57.7 Å². The van der Waals surface area contributed by atoms with E-state index in [0.717, 1.165) is 56.0 Å². The molecule has 1 aliphatic rings. The Kier molecular flexibility index (Phi) is 8.91. The largest absolute Gasteiger partial charge is 0.490 e. The fraction of sp³-hybridized carbons (Fsp3) is 0.455. The molecule has 0 N–H and O–H groups in total. The lowest BCUT2D eigenvalue weighted by molar-refractivity contribution is -0.00675. The Morgan fingerprint density at radius 1 is 0.973 bits per heavy atom. The summed E-state index contributed by atoms with van der Waals surface area (Å²) in [5.74, 6) is 2.23. The molecule has 0 aliphatic carbocycles. The van der Waals surface area contributed by atoms with Gasteiger partial charge in [-0.3, -0.25) is 4.90 Å². The molecule has 198 valence electrons. The average molecular weight is 504 g/mol. The van der Waals surface area contributed by atoms with Crippen molar-refractivity contribution >= 4 is 0 Å². The molecule has 0 fully saturated rings. The number of hydrogen-bond donors (Lipinski definition) is 0. The van der Waals surface area contributed by atoms with Gasteiger partial charge in [-0.15, -0.1) is 0 Å². The zero-order valence-corrected chi connectivity index (χ0v) is 23.0. The van der Waals surface area contributed by atoms with Crippen LogP contribution in [0.3, 0.4) is 0 Å². The van der Waals surface area contributed by atoms with Crippen LogP contribution in [-0.4, -0.2) is 29.7 Å². The lowest BCUT2D eigenvalue weighted by atomic mass is 9.82. The molecule has 3 aromatic rings. The molecule has 0 radical (unpaired) electrons. The molecule has 0 amide bonds. The number of fused-ring (bicyclic) bond motifs is 1. The van der Waals surface area contributed by atoms with Crippen molar-refractivity contribution in [3.8, 4) is 11.5 Å². The van der Waals surface area contributed by atoms with E-state index in [1.54, 1.807) is 12.1 Å². The van der Waals surface area contributed by atoms with Crippen molar-refractivity contribution < 1.29 is 13.9 Å². The topological polar surface area (TPSA) is 21.7 Å². The lowest BCUT2D eigenvalue weighted by Crippen LogP contribution is -2.48. The number of nitrogens with zero attached hydrogens (tertiary/aromatic N) is 1. The molecule has 0 bridgehead atoms. The summed E-state index contributed by atoms with van der Waals surface area (Å²) in [6, 6.07) is 23.9. The van der Waals surface area contributed by atoms with E-state index in [1.165, 1.54) is 17.2 Å². The van der Waals surface area contributed by atoms with Gasteiger partial charge >= 0.3 is 0 Å². The number of aryl methyl sites for hydroxylation is 2. The van der Waals surface area contributed by atoms with Crippen LogP contribution in [-0.2, 0) is 19.4 Å². The molecule has 0 aromatic heterocycles. The first-order valence-electron chi connectivity index (χ1n) is 13.8. The number of hydrogen-bond acceptors (Lipinski definition) is 3. The lowest BCUT2D eigenvalue weighted by Gasteiger charge is -2.42. The van der Waals surface area contributed by atoms with Crippen molar-refractivity contribution in [2.45, 2.75) is 72.1 Å². The highest BCUT2D eigenvalue weighted by Gasteiger charge is 2.38. The van der Waals surface area contributed by atoms with Gasteiger partial charge < -0.3 is 9.47 Å². The molecule has 4 rings (SSSR count). The summed E-state index contributed by atoms with van der Waals surface area (Å²) in [7, 11) is 0. The Hall–Kier alpha value is -2.85. The third-order valence-electron chi connectivity index (χ3n) is 8.09. The van der Waals surface area contributed by atoms with Crippen molar-refractivity contribution in [1.82, 2.24) is 4.90 Å². The van der Waals surface area contributed by atoms with Gasteiger partial charge in [-0.2, -0.15) is 0 Å². The summed E-state index contributed by atoms with van der Waals surface area (Å²) in [6.07, 6.45) is 2.81. The SMILES string of the molecule is CCc1cc(F)ccc1OC(C)C(C)CN(Cc1ccccc1)CC(C)C1(C)CCc2ccccc2O1. The predicted octanol–water partition coefficient (Wildman–Crippen LogP) is 7.71. The van der Waals surface area contributed by atoms with Crippen molar-refractivity contribution in [3.63, 3.8) is 0 Å². The Morgan fingerprint density at radius 3 is 2.46 bits per heavy atom. The molecule has 4 heteroatoms. The maximum atomic E-state index is 13.7. The van der Waals surface area contributed by atoms with Crippen LogP contribution in [0.15, 0.2) is 72.8 Å². The maximum absolute atomic E-state index is 13.7. The molecule has 4 atom stereocenters. The Bertz CT molecular complexity index is 1150. The third-order valence-corrected chi connectivity index (χ3v) is 8.09. The monoisotopic (exact) mass is 503 g/mol. The van der Waals surface area contributed by atoms with E-state index in [1.807, 2.05) is 6.92 Å². The van der Waals surface area contributed by atoms with Crippen LogP contribution < -0.4 is 9.47 Å². The van der Waals surface area contributed by atoms with Gasteiger partial charge in [0.1, 0.15) is 22.9 Å². The molecule has 4 unspecified atom stereocenters. The highest BCUT2D eigenvalue weighted by molar-refractivity contribution is 5.36. The normalized spacial score (nSPS) is 19.5. The molecule has 3 aromatic carbocycles. The summed E-state index contributed by atoms with van der Waals surface area (Å²) in [4.78, 5) is 2.55. The zero-order valence-electron chi connectivity index (χ0n) is 23.0. The number of halogens is 1. The number of rotatable bonds is 11. The smallest absolute Gasteiger partial charge is 0.123 e. The minimum absolute atomic E-state index is 0.00210. The van der Waals surface area contributed by atoms with E-state index in [2.05, 4.69) is 87.2 Å². The van der Waals surface area contributed by atoms with Crippen LogP contribution in [0.2, 0.25) is 0 Å². The van der Waals surface area contributed by atoms with E-state index in [0.29, 0.717) is 5.92 Å². The highest BCUT2D eigenvalue weighted by atomic mass is 19.1. The quantitative estimate of drug-likeness (QED) is 0.267. The molecular weight excluding hydrogens is 461 g/mol. The Balaban J connectivity index is 1.46. The Morgan fingerprint density at radius 2 is 1.70 bits per heavy atom. The summed E-state index contributed by atoms with van der Waals surface area (Å²) in [6.45, 7) is 13.7. The molecular formula is C33H42FNO2. The van der Waals surface area contributed by atoms with Gasteiger partial charge in [-0.25, -0.2) is 4.39 Å². The van der Waals surface area contributed by atoms with Gasteiger partial charge in [0.05, 0.1) is 6.10 Å². The van der Waals surface area contributed by atoms with Gasteiger partial charge in [0.2, 0.25) is 0 Å². The summed E-state index contributed by atoms with van der Waals surface area (Å²) in [5.41, 5.74) is 3.32. The van der Waals surface area contributed by atoms with E-state index >= 15 is 0 Å². The molecule has 0 saturated carbocycles. The highest BCUT2D eigenvalue weighted by Crippen LogP contribution is 2.37. The summed E-state index contributed by atoms with van der Waals surface area (Å²) >= 11 is 0. The van der Waals surface area contributed by atoms with Crippen molar-refractivity contribution in [2.24, 2.45) is 11.8 Å². The molecule has 0 spiro atoms. The van der Waals surface area contributed by atoms with Gasteiger partial charge in [0.25, 0.3) is 0 Å². The van der Waals surface area contributed by atoms with E-state index < -0.39 is 0 Å². The fourth-order valence-corrected chi connectivity index (χ4v) is 5.28. The maximum Gasteiger partial charge on any atom is 0.123 e. The van der Waals surface area contributed by atoms with Crippen molar-refractivity contribution in [2.75, 3.05) is 13.1 Å². The Labute approximate surface area is 222 Å². The average Bonchev–Trinajstić information content (AvgIpc) is 2.90. The molecule has 1 aliphatic heterocycles. The predicted molar refractivity (Wildman–Crippen MR) is 150 cm³/mol. The first kappa shape index (κ1) is 27.2. The standard InChI is InChI=1S/C33H42FNO2/c1-6-28-20-30(34)16-17-31(28)36-26(4)24(2)21-35(23-27-12-8-7-9-13-27)22-25(3)33(5)19-18-29-14-10-11-15-32(29)37-33/h7-17,20,24-26H,6,18-19,21-23H2,1-5H3. The van der Waals surface area contributed by atoms with Crippen molar-refractivity contribution in [1.29, 1.82) is 0 Å². The molecule has 1 heterocycles. The van der Waals surface area contributed by atoms with Crippen LogP contribution >= 0.6 is 0 Å². The van der Waals surface area contributed by atoms with Gasteiger partial charge in [0, 0.05) is 31.5 Å². The zero-order chi connectivity index (χ0) is 26.4. The van der Waals surface area contributed by atoms with Crippen LogP contribution in [0.25, 0.3) is 0 Å². The van der Waals surface area contributed by atoms with Crippen LogP contribution in [0.5, 0.6) is 11.5 Å². The van der Waals surface area contributed by atoms with Crippen LogP contribution in [0, 0.1) is 17.7 Å². The van der Waals surface area contributed by atoms with Gasteiger partial charge in [-0.1, -0.05) is 69.3 Å². The van der Waals surface area contributed by atoms with E-state index in [4.69, 9.17) is 9.47 Å². The second-order valence-electron chi connectivity index (χ2n) is 11.0. The molecule has 0 saturated heterocycles. The fourth-order valence-electron chi connectivity index (χ4n) is 5.28. The number of para-hydroxylation sites is 1. The van der Waals surface area contributed by atoms with Gasteiger partial charge in [-0.05, 0) is 74.1 Å². The number of ether oxygens (including phenoxy) is 2. The second-order valence-corrected chi connectivity index (χ2v) is 11.0. The first-order valence-corrected chi connectivity index (χ1v) is 13.8. The minimum Gasteiger partial charge on any atom is -0.490 e.